The number of halogens is 6. The molecule has 2 aliphatic rings. The van der Waals surface area contributed by atoms with E-state index >= 15 is 0 Å². The third-order valence-electron chi connectivity index (χ3n) is 7.80. The minimum atomic E-state index is -6.09. The summed E-state index contributed by atoms with van der Waals surface area (Å²) in [7, 11) is -13.1. The van der Waals surface area contributed by atoms with Gasteiger partial charge in [0.2, 0.25) is 0 Å². The van der Waals surface area contributed by atoms with E-state index in [1.807, 2.05) is 0 Å². The van der Waals surface area contributed by atoms with Crippen molar-refractivity contribution >= 4 is 57.3 Å². The second kappa shape index (κ2) is 27.2. The Hall–Kier alpha value is -2.19. The van der Waals surface area contributed by atoms with Crippen LogP contribution in [-0.2, 0) is 57.7 Å². The SMILES string of the molecule is CC#N.Cc1ccccc1P([C]1[CH][CH][CH][CH]1)c1ccccc1C.Cc1ccccc1P([C]1[CH][CH][CH][CH]1)c1ccccc1C.O=S(=O)([O-])C(F)(F)F.O=S(=O)([O-])C(F)(F)F.[Fe+2].[Pd+2]. The minimum Gasteiger partial charge on any atom is -0.741 e. The summed E-state index contributed by atoms with van der Waals surface area (Å²) in [5.41, 5.74) is -2.91. The van der Waals surface area contributed by atoms with Crippen molar-refractivity contribution in [3.8, 4) is 6.07 Å². The van der Waals surface area contributed by atoms with Crippen molar-refractivity contribution < 1.29 is 89.8 Å². The molecule has 2 aliphatic carbocycles. The number of hydrogen-bond acceptors (Lipinski definition) is 7. The Kier molecular flexibility index (Phi) is 26.2. The second-order valence-corrected chi connectivity index (χ2v) is 19.2. The molecule has 0 aliphatic heterocycles. The second-order valence-electron chi connectivity index (χ2n) is 12.1. The van der Waals surface area contributed by atoms with E-state index in [4.69, 9.17) is 31.2 Å². The first-order chi connectivity index (χ1) is 27.5. The fourth-order valence-electron chi connectivity index (χ4n) is 5.10. The maximum Gasteiger partial charge on any atom is 2.00 e. The molecule has 0 spiro atoms. The van der Waals surface area contributed by atoms with Crippen LogP contribution in [0.1, 0.15) is 29.2 Å². The number of hydrogen-bond donors (Lipinski definition) is 0. The Bertz CT molecular complexity index is 1960. The van der Waals surface area contributed by atoms with Gasteiger partial charge in [0.1, 0.15) is 0 Å². The van der Waals surface area contributed by atoms with Gasteiger partial charge in [-0.2, -0.15) is 31.6 Å². The Morgan fingerprint density at radius 3 is 0.803 bits per heavy atom. The summed E-state index contributed by atoms with van der Waals surface area (Å²) in [4.78, 5) is 0. The van der Waals surface area contributed by atoms with Gasteiger partial charge in [0, 0.05) is 18.2 Å². The number of rotatable bonds is 6. The Morgan fingerprint density at radius 2 is 0.656 bits per heavy atom. The summed E-state index contributed by atoms with van der Waals surface area (Å²) in [6.45, 7) is 10.3. The first-order valence-electron chi connectivity index (χ1n) is 17.1. The fourth-order valence-corrected chi connectivity index (χ4v) is 10.3. The first-order valence-corrected chi connectivity index (χ1v) is 22.6. The van der Waals surface area contributed by atoms with Crippen molar-refractivity contribution in [2.24, 2.45) is 0 Å². The summed E-state index contributed by atoms with van der Waals surface area (Å²) < 4.78 is 118. The molecule has 2 saturated carbocycles. The van der Waals surface area contributed by atoms with Gasteiger partial charge in [0.05, 0.1) is 6.07 Å². The van der Waals surface area contributed by atoms with Crippen LogP contribution in [0, 0.1) is 102 Å². The largest absolute Gasteiger partial charge is 2.00 e. The smallest absolute Gasteiger partial charge is 0.741 e. The normalized spacial score (nSPS) is 14.3. The fraction of sp³-hybridized carbons (Fsp3) is 0.167. The molecule has 0 aromatic heterocycles. The molecular formula is C42H39F6FeNO6P2PdS2+2. The van der Waals surface area contributed by atoms with Crippen molar-refractivity contribution in [1.82, 2.24) is 0 Å². The molecule has 328 valence electrons. The van der Waals surface area contributed by atoms with Gasteiger partial charge in [0.25, 0.3) is 0 Å². The number of nitrogens with zero attached hydrogens (tertiary/aromatic N) is 1. The molecule has 0 bridgehead atoms. The number of nitriles is 1. The summed E-state index contributed by atoms with van der Waals surface area (Å²) in [6.07, 6.45) is 17.6. The Labute approximate surface area is 383 Å². The molecular weight excluding hydrogens is 1020 g/mol. The quantitative estimate of drug-likeness (QED) is 0.0619. The van der Waals surface area contributed by atoms with E-state index in [1.54, 1.807) is 6.07 Å². The number of alkyl halides is 6. The summed E-state index contributed by atoms with van der Waals surface area (Å²) in [5, 5.41) is 13.2. The van der Waals surface area contributed by atoms with Crippen LogP contribution < -0.4 is 21.2 Å². The molecule has 61 heavy (non-hydrogen) atoms. The van der Waals surface area contributed by atoms with E-state index in [0.717, 1.165) is 0 Å². The Morgan fingerprint density at radius 1 is 0.492 bits per heavy atom. The van der Waals surface area contributed by atoms with Crippen LogP contribution in [0.3, 0.4) is 0 Å². The minimum absolute atomic E-state index is 0. The van der Waals surface area contributed by atoms with Crippen LogP contribution in [-0.4, -0.2) is 37.0 Å². The summed E-state index contributed by atoms with van der Waals surface area (Å²) >= 11 is 0. The van der Waals surface area contributed by atoms with E-state index < -0.39 is 47.1 Å². The van der Waals surface area contributed by atoms with E-state index in [1.165, 1.54) is 61.7 Å². The van der Waals surface area contributed by atoms with Gasteiger partial charge in [-0.05, 0) is 138 Å². The van der Waals surface area contributed by atoms with E-state index in [9.17, 15) is 26.3 Å². The summed E-state index contributed by atoms with van der Waals surface area (Å²) in [5.74, 6) is 0. The predicted molar refractivity (Wildman–Crippen MR) is 221 cm³/mol. The van der Waals surface area contributed by atoms with Crippen molar-refractivity contribution in [2.75, 3.05) is 0 Å². The predicted octanol–water partition coefficient (Wildman–Crippen LogP) is 8.83. The van der Waals surface area contributed by atoms with E-state index in [2.05, 4.69) is 176 Å². The van der Waals surface area contributed by atoms with Gasteiger partial charge in [-0.3, -0.25) is 0 Å². The molecule has 19 heteroatoms. The maximum atomic E-state index is 10.7. The van der Waals surface area contributed by atoms with E-state index in [-0.39, 0.29) is 37.5 Å². The van der Waals surface area contributed by atoms with Crippen LogP contribution in [0.5, 0.6) is 0 Å². The van der Waals surface area contributed by atoms with Gasteiger partial charge in [-0.1, -0.05) is 97.1 Å². The van der Waals surface area contributed by atoms with Crippen LogP contribution in [0.25, 0.3) is 0 Å². The molecule has 7 nitrogen and oxygen atoms in total. The zero-order valence-electron chi connectivity index (χ0n) is 32.9. The van der Waals surface area contributed by atoms with Crippen LogP contribution in [0.2, 0.25) is 0 Å². The molecule has 0 saturated heterocycles. The molecule has 0 heterocycles. The zero-order chi connectivity index (χ0) is 44.6. The van der Waals surface area contributed by atoms with Gasteiger partial charge in [0.15, 0.2) is 20.2 Å². The van der Waals surface area contributed by atoms with Crippen LogP contribution in [0.15, 0.2) is 97.1 Å². The first kappa shape index (κ1) is 58.8. The average molecular weight is 1060 g/mol. The molecule has 10 radical (unpaired) electrons. The van der Waals surface area contributed by atoms with Crippen LogP contribution >= 0.6 is 15.8 Å². The van der Waals surface area contributed by atoms with Crippen molar-refractivity contribution in [1.29, 1.82) is 5.26 Å². The van der Waals surface area contributed by atoms with Gasteiger partial charge in [-0.15, -0.1) is 0 Å². The number of aryl methyl sites for hydroxylation is 4. The van der Waals surface area contributed by atoms with Gasteiger partial charge < -0.3 is 9.11 Å². The zero-order valence-corrected chi connectivity index (χ0v) is 39.0. The van der Waals surface area contributed by atoms with E-state index in [0.29, 0.717) is 0 Å². The maximum absolute atomic E-state index is 10.7. The number of benzene rings is 4. The molecule has 0 amide bonds. The molecule has 4 aromatic carbocycles. The third kappa shape index (κ3) is 18.8. The monoisotopic (exact) mass is 1050 g/mol. The van der Waals surface area contributed by atoms with Crippen molar-refractivity contribution in [3.63, 3.8) is 0 Å². The molecule has 2 fully saturated rings. The van der Waals surface area contributed by atoms with Gasteiger partial charge >= 0.3 is 48.5 Å². The Balaban J connectivity index is 0.000000823. The molecule has 6 rings (SSSR count). The topological polar surface area (TPSA) is 138 Å². The molecule has 4 aromatic rings. The molecule has 0 N–H and O–H groups in total. The third-order valence-corrected chi connectivity index (χ3v) is 14.5. The van der Waals surface area contributed by atoms with Gasteiger partial charge in [-0.25, -0.2) is 16.8 Å². The molecule has 0 unspecified atom stereocenters. The standard InChI is InChI=1S/2C19H18P.C2H3N.2CHF3O3S.Fe.Pd/c2*1-15-9-3-7-13-18(15)20(17-11-5-6-12-17)19-14-8-4-10-16(19)2;1-2-3;2*2-1(3,4)8(5,6)7;;/h2*3-14H,1-2H3;1H3;2*(H,5,6,7);;/q;;;;;2*+2/p-2. The average Bonchev–Trinajstić information content (AvgIpc) is 3.87. The van der Waals surface area contributed by atoms with Crippen LogP contribution in [0.4, 0.5) is 26.3 Å². The van der Waals surface area contributed by atoms with Crippen molar-refractivity contribution in [3.05, 3.63) is 182 Å². The summed E-state index contributed by atoms with van der Waals surface area (Å²) in [6, 6.07) is 36.8. The van der Waals surface area contributed by atoms with Crippen molar-refractivity contribution in [2.45, 2.75) is 45.6 Å². The molecule has 0 atom stereocenters.